The number of para-hydroxylation sites is 2. The van der Waals surface area contributed by atoms with Crippen LogP contribution in [0.15, 0.2) is 79.1 Å². The molecule has 11 heteroatoms. The second-order valence-corrected chi connectivity index (χ2v) is 13.5. The summed E-state index contributed by atoms with van der Waals surface area (Å²) in [5, 5.41) is 11.5. The Kier molecular flexibility index (Phi) is 9.88. The number of aryl methyl sites for hydroxylation is 1. The molecule has 0 saturated carbocycles. The first kappa shape index (κ1) is 32.8. The summed E-state index contributed by atoms with van der Waals surface area (Å²) < 4.78 is 9.64. The van der Waals surface area contributed by atoms with E-state index in [-0.39, 0.29) is 11.3 Å². The molecule has 3 aromatic carbocycles. The van der Waals surface area contributed by atoms with Crippen molar-refractivity contribution in [2.75, 3.05) is 57.8 Å². The van der Waals surface area contributed by atoms with Crippen molar-refractivity contribution in [3.05, 3.63) is 90.3 Å². The predicted octanol–water partition coefficient (Wildman–Crippen LogP) is 5.60. The van der Waals surface area contributed by atoms with E-state index < -0.39 is 0 Å². The van der Waals surface area contributed by atoms with E-state index in [2.05, 4.69) is 91.4 Å². The van der Waals surface area contributed by atoms with Crippen LogP contribution in [0.2, 0.25) is 0 Å². The largest absolute Gasteiger partial charge is 0.496 e. The van der Waals surface area contributed by atoms with E-state index in [9.17, 15) is 4.79 Å². The molecular formula is C38H47N9O2. The number of nitrogens with zero attached hydrogens (tertiary/aromatic N) is 9. The molecule has 1 amide bonds. The maximum Gasteiger partial charge on any atom is 0.257 e. The van der Waals surface area contributed by atoms with Gasteiger partial charge in [-0.2, -0.15) is 0 Å². The van der Waals surface area contributed by atoms with Crippen molar-refractivity contribution in [3.8, 4) is 11.4 Å². The standard InChI is InChI=1S/C38H47N9O2/c1-3-4-10-22-46-34-15-9-8-14-33(34)40-37(46)44-21-11-20-43(25-26-44)23-18-38(30-12-6-5-7-13-30)19-24-45(28-38)36(48)32-27-31(16-17-35(32)49-2)47-29-39-41-42-47/h5-9,12-17,27,29H,3-4,10-11,18-26,28H2,1-2H3. The fourth-order valence-corrected chi connectivity index (χ4v) is 7.69. The van der Waals surface area contributed by atoms with Crippen LogP contribution in [0.5, 0.6) is 5.75 Å². The van der Waals surface area contributed by atoms with Crippen molar-refractivity contribution < 1.29 is 9.53 Å². The molecule has 2 saturated heterocycles. The third-order valence-corrected chi connectivity index (χ3v) is 10.5. The van der Waals surface area contributed by atoms with Crippen LogP contribution in [-0.2, 0) is 12.0 Å². The van der Waals surface area contributed by atoms with Gasteiger partial charge in [-0.15, -0.1) is 5.10 Å². The first-order chi connectivity index (χ1) is 24.1. The molecule has 7 rings (SSSR count). The lowest BCUT2D eigenvalue weighted by atomic mass is 9.76. The number of aromatic nitrogens is 6. The van der Waals surface area contributed by atoms with Gasteiger partial charge in [0.15, 0.2) is 0 Å². The number of imidazole rings is 1. The van der Waals surface area contributed by atoms with Gasteiger partial charge in [-0.05, 0) is 85.1 Å². The molecule has 1 atom stereocenters. The molecule has 2 aliphatic heterocycles. The van der Waals surface area contributed by atoms with Crippen LogP contribution in [0.4, 0.5) is 5.95 Å². The molecule has 5 aromatic rings. The van der Waals surface area contributed by atoms with Gasteiger partial charge in [0.05, 0.1) is 29.4 Å². The van der Waals surface area contributed by atoms with Crippen LogP contribution in [0.25, 0.3) is 16.7 Å². The van der Waals surface area contributed by atoms with Gasteiger partial charge in [0.1, 0.15) is 12.1 Å². The van der Waals surface area contributed by atoms with Gasteiger partial charge in [-0.1, -0.05) is 62.2 Å². The second kappa shape index (κ2) is 14.8. The summed E-state index contributed by atoms with van der Waals surface area (Å²) in [6.45, 7) is 9.61. The zero-order valence-corrected chi connectivity index (χ0v) is 28.7. The normalized spacial score (nSPS) is 18.7. The number of methoxy groups -OCH3 is 1. The highest BCUT2D eigenvalue weighted by atomic mass is 16.5. The minimum atomic E-state index is -0.128. The smallest absolute Gasteiger partial charge is 0.257 e. The first-order valence-corrected chi connectivity index (χ1v) is 17.8. The summed E-state index contributed by atoms with van der Waals surface area (Å²) >= 11 is 0. The fourth-order valence-electron chi connectivity index (χ4n) is 7.69. The van der Waals surface area contributed by atoms with E-state index in [1.807, 2.05) is 23.1 Å². The van der Waals surface area contributed by atoms with Crippen molar-refractivity contribution in [2.24, 2.45) is 0 Å². The molecule has 0 N–H and O–H groups in total. The molecule has 4 heterocycles. The summed E-state index contributed by atoms with van der Waals surface area (Å²) in [5.41, 5.74) is 4.73. The van der Waals surface area contributed by atoms with Crippen molar-refractivity contribution in [2.45, 2.75) is 57.4 Å². The van der Waals surface area contributed by atoms with Crippen LogP contribution >= 0.6 is 0 Å². The van der Waals surface area contributed by atoms with E-state index >= 15 is 0 Å². The van der Waals surface area contributed by atoms with E-state index in [1.165, 1.54) is 36.7 Å². The Labute approximate surface area is 288 Å². The van der Waals surface area contributed by atoms with Crippen LogP contribution < -0.4 is 9.64 Å². The SMILES string of the molecule is CCCCCn1c(N2CCCN(CCC3(c4ccccc4)CCN(C(=O)c4cc(-n5cnnn5)ccc4OC)C3)CC2)nc2ccccc21. The molecule has 0 spiro atoms. The fraction of sp³-hybridized carbons (Fsp3) is 0.447. The molecule has 0 radical (unpaired) electrons. The van der Waals surface area contributed by atoms with Crippen molar-refractivity contribution in [3.63, 3.8) is 0 Å². The second-order valence-electron chi connectivity index (χ2n) is 13.5. The Hall–Kier alpha value is -4.77. The Morgan fingerprint density at radius 3 is 2.59 bits per heavy atom. The van der Waals surface area contributed by atoms with Gasteiger partial charge in [0, 0.05) is 44.7 Å². The van der Waals surface area contributed by atoms with Crippen LogP contribution in [0, 0.1) is 0 Å². The lowest BCUT2D eigenvalue weighted by Gasteiger charge is -2.33. The summed E-state index contributed by atoms with van der Waals surface area (Å²) in [5.74, 6) is 1.63. The predicted molar refractivity (Wildman–Crippen MR) is 191 cm³/mol. The Balaban J connectivity index is 1.06. The molecule has 49 heavy (non-hydrogen) atoms. The molecule has 256 valence electrons. The van der Waals surface area contributed by atoms with Crippen molar-refractivity contribution >= 4 is 22.9 Å². The van der Waals surface area contributed by atoms with E-state index in [4.69, 9.17) is 9.72 Å². The summed E-state index contributed by atoms with van der Waals surface area (Å²) in [6.07, 6.45) is 8.13. The quantitative estimate of drug-likeness (QED) is 0.160. The highest BCUT2D eigenvalue weighted by Crippen LogP contribution is 2.39. The molecule has 0 aliphatic carbocycles. The molecule has 2 aliphatic rings. The number of tetrazole rings is 1. The number of hydrogen-bond donors (Lipinski definition) is 0. The molecular weight excluding hydrogens is 614 g/mol. The van der Waals surface area contributed by atoms with Crippen LogP contribution in [0.3, 0.4) is 0 Å². The highest BCUT2D eigenvalue weighted by molar-refractivity contribution is 5.98. The molecule has 11 nitrogen and oxygen atoms in total. The van der Waals surface area contributed by atoms with Crippen molar-refractivity contribution in [1.82, 2.24) is 39.6 Å². The minimum Gasteiger partial charge on any atom is -0.496 e. The van der Waals surface area contributed by atoms with Crippen LogP contribution in [-0.4, -0.2) is 98.4 Å². The van der Waals surface area contributed by atoms with Gasteiger partial charge in [-0.3, -0.25) is 4.79 Å². The number of anilines is 1. The zero-order valence-electron chi connectivity index (χ0n) is 28.7. The monoisotopic (exact) mass is 661 g/mol. The number of ether oxygens (including phenoxy) is 1. The van der Waals surface area contributed by atoms with E-state index in [0.29, 0.717) is 24.4 Å². The molecule has 0 bridgehead atoms. The molecule has 2 aromatic heterocycles. The van der Waals surface area contributed by atoms with Crippen LogP contribution in [0.1, 0.15) is 61.4 Å². The van der Waals surface area contributed by atoms with Gasteiger partial charge in [0.25, 0.3) is 5.91 Å². The lowest BCUT2D eigenvalue weighted by molar-refractivity contribution is 0.0777. The minimum absolute atomic E-state index is 0.0307. The van der Waals surface area contributed by atoms with E-state index in [0.717, 1.165) is 75.7 Å². The molecule has 1 unspecified atom stereocenters. The lowest BCUT2D eigenvalue weighted by Crippen LogP contribution is -2.39. The summed E-state index contributed by atoms with van der Waals surface area (Å²) in [6, 6.07) is 24.8. The van der Waals surface area contributed by atoms with E-state index in [1.54, 1.807) is 11.8 Å². The van der Waals surface area contributed by atoms with Gasteiger partial charge < -0.3 is 24.0 Å². The number of rotatable bonds is 12. The maximum atomic E-state index is 14.1. The third kappa shape index (κ3) is 6.90. The van der Waals surface area contributed by atoms with Gasteiger partial charge >= 0.3 is 0 Å². The van der Waals surface area contributed by atoms with Crippen molar-refractivity contribution in [1.29, 1.82) is 0 Å². The third-order valence-electron chi connectivity index (χ3n) is 10.5. The number of carbonyl (C=O) groups excluding carboxylic acids is 1. The number of benzene rings is 3. The average Bonchev–Trinajstić information content (AvgIpc) is 3.88. The Bertz CT molecular complexity index is 1840. The Morgan fingerprint density at radius 2 is 1.78 bits per heavy atom. The number of carbonyl (C=O) groups is 1. The number of fused-ring (bicyclic) bond motifs is 1. The van der Waals surface area contributed by atoms with Gasteiger partial charge in [-0.25, -0.2) is 9.67 Å². The Morgan fingerprint density at radius 1 is 0.918 bits per heavy atom. The number of hydrogen-bond acceptors (Lipinski definition) is 8. The number of likely N-dealkylation sites (tertiary alicyclic amines) is 1. The maximum absolute atomic E-state index is 14.1. The number of unbranched alkanes of at least 4 members (excludes halogenated alkanes) is 2. The highest BCUT2D eigenvalue weighted by Gasteiger charge is 2.42. The topological polar surface area (TPSA) is 97.4 Å². The first-order valence-electron chi connectivity index (χ1n) is 17.8. The average molecular weight is 662 g/mol. The van der Waals surface area contributed by atoms with Gasteiger partial charge in [0.2, 0.25) is 5.95 Å². The molecule has 2 fully saturated rings. The zero-order chi connectivity index (χ0) is 33.6. The number of amides is 1. The summed E-state index contributed by atoms with van der Waals surface area (Å²) in [4.78, 5) is 26.4. The summed E-state index contributed by atoms with van der Waals surface area (Å²) in [7, 11) is 1.60.